The third-order valence-corrected chi connectivity index (χ3v) is 5.40. The standard InChI is InChI=1S/C13H20N4S2/c1-18-12-11(15)10(9-14)19-13(12)16-5-8-17-6-3-2-4-7-17/h16H,2-8,15H2,1H3. The van der Waals surface area contributed by atoms with Crippen LogP contribution in [-0.2, 0) is 0 Å². The van der Waals surface area contributed by atoms with Gasteiger partial charge in [-0.25, -0.2) is 0 Å². The Labute approximate surface area is 123 Å². The van der Waals surface area contributed by atoms with Crippen molar-refractivity contribution in [1.82, 2.24) is 4.90 Å². The quantitative estimate of drug-likeness (QED) is 0.818. The molecule has 19 heavy (non-hydrogen) atoms. The van der Waals surface area contributed by atoms with Gasteiger partial charge >= 0.3 is 0 Å². The van der Waals surface area contributed by atoms with Crippen molar-refractivity contribution in [3.63, 3.8) is 0 Å². The molecule has 0 aliphatic carbocycles. The van der Waals surface area contributed by atoms with Crippen molar-refractivity contribution in [3.8, 4) is 6.07 Å². The molecule has 0 amide bonds. The second-order valence-corrected chi connectivity index (χ2v) is 6.49. The molecule has 1 aromatic heterocycles. The van der Waals surface area contributed by atoms with Crippen molar-refractivity contribution >= 4 is 33.8 Å². The van der Waals surface area contributed by atoms with Gasteiger partial charge in [-0.1, -0.05) is 6.42 Å². The topological polar surface area (TPSA) is 65.1 Å². The lowest BCUT2D eigenvalue weighted by molar-refractivity contribution is 0.237. The second-order valence-electron chi connectivity index (χ2n) is 4.65. The highest BCUT2D eigenvalue weighted by atomic mass is 32.2. The van der Waals surface area contributed by atoms with Gasteiger partial charge in [-0.05, 0) is 32.2 Å². The van der Waals surface area contributed by atoms with Crippen molar-refractivity contribution in [1.29, 1.82) is 5.26 Å². The van der Waals surface area contributed by atoms with Gasteiger partial charge in [-0.15, -0.1) is 23.1 Å². The molecule has 104 valence electrons. The van der Waals surface area contributed by atoms with E-state index in [1.165, 1.54) is 43.7 Å². The van der Waals surface area contributed by atoms with Crippen LogP contribution in [0.5, 0.6) is 0 Å². The van der Waals surface area contributed by atoms with Gasteiger partial charge in [0.25, 0.3) is 0 Å². The van der Waals surface area contributed by atoms with Gasteiger partial charge in [0.15, 0.2) is 0 Å². The Bertz CT molecular complexity index is 458. The monoisotopic (exact) mass is 296 g/mol. The molecule has 0 unspecified atom stereocenters. The fraction of sp³-hybridized carbons (Fsp3) is 0.615. The number of piperidine rings is 1. The highest BCUT2D eigenvalue weighted by Gasteiger charge is 2.15. The van der Waals surface area contributed by atoms with Crippen molar-refractivity contribution in [2.24, 2.45) is 0 Å². The van der Waals surface area contributed by atoms with Gasteiger partial charge in [0.1, 0.15) is 15.9 Å². The zero-order valence-corrected chi connectivity index (χ0v) is 12.9. The maximum absolute atomic E-state index is 9.02. The van der Waals surface area contributed by atoms with E-state index in [0.717, 1.165) is 23.0 Å². The number of nitriles is 1. The molecule has 2 rings (SSSR count). The predicted octanol–water partition coefficient (Wildman–Crippen LogP) is 2.82. The molecule has 4 nitrogen and oxygen atoms in total. The number of anilines is 2. The fourth-order valence-electron chi connectivity index (χ4n) is 2.34. The Morgan fingerprint density at radius 2 is 2.16 bits per heavy atom. The maximum Gasteiger partial charge on any atom is 0.131 e. The van der Waals surface area contributed by atoms with Gasteiger partial charge < -0.3 is 16.0 Å². The number of thioether (sulfide) groups is 1. The average Bonchev–Trinajstić information content (AvgIpc) is 2.75. The first-order valence-electron chi connectivity index (χ1n) is 6.59. The first-order chi connectivity index (χ1) is 9.26. The fourth-order valence-corrected chi connectivity index (χ4v) is 4.20. The summed E-state index contributed by atoms with van der Waals surface area (Å²) < 4.78 is 0. The number of nitrogens with zero attached hydrogens (tertiary/aromatic N) is 2. The van der Waals surface area contributed by atoms with Crippen LogP contribution in [0.25, 0.3) is 0 Å². The Morgan fingerprint density at radius 3 is 2.79 bits per heavy atom. The molecule has 3 N–H and O–H groups in total. The van der Waals surface area contributed by atoms with Crippen molar-refractivity contribution in [3.05, 3.63) is 4.88 Å². The zero-order chi connectivity index (χ0) is 13.7. The van der Waals surface area contributed by atoms with Crippen LogP contribution >= 0.6 is 23.1 Å². The summed E-state index contributed by atoms with van der Waals surface area (Å²) in [5.41, 5.74) is 6.58. The van der Waals surface area contributed by atoms with Crippen LogP contribution < -0.4 is 11.1 Å². The molecule has 0 aromatic carbocycles. The molecule has 1 aliphatic rings. The molecule has 0 bridgehead atoms. The number of nitrogen functional groups attached to an aromatic ring is 1. The van der Waals surface area contributed by atoms with E-state index in [2.05, 4.69) is 16.3 Å². The van der Waals surface area contributed by atoms with E-state index in [4.69, 9.17) is 11.0 Å². The number of hydrogen-bond acceptors (Lipinski definition) is 6. The van der Waals surface area contributed by atoms with Crippen molar-refractivity contribution in [2.45, 2.75) is 24.2 Å². The van der Waals surface area contributed by atoms with Crippen LogP contribution in [0.2, 0.25) is 0 Å². The van der Waals surface area contributed by atoms with Crippen LogP contribution in [-0.4, -0.2) is 37.3 Å². The molecule has 2 heterocycles. The third-order valence-electron chi connectivity index (χ3n) is 3.37. The third kappa shape index (κ3) is 3.56. The van der Waals surface area contributed by atoms with E-state index in [1.54, 1.807) is 11.8 Å². The van der Waals surface area contributed by atoms with Crippen LogP contribution in [0.4, 0.5) is 10.7 Å². The minimum absolute atomic E-state index is 0.616. The van der Waals surface area contributed by atoms with E-state index in [0.29, 0.717) is 10.6 Å². The number of likely N-dealkylation sites (tertiary alicyclic amines) is 1. The van der Waals surface area contributed by atoms with Crippen LogP contribution in [0, 0.1) is 11.3 Å². The number of thiophene rings is 1. The summed E-state index contributed by atoms with van der Waals surface area (Å²) in [6.07, 6.45) is 6.00. The summed E-state index contributed by atoms with van der Waals surface area (Å²) in [7, 11) is 0. The number of hydrogen-bond donors (Lipinski definition) is 2. The zero-order valence-electron chi connectivity index (χ0n) is 11.2. The molecule has 1 aromatic rings. The van der Waals surface area contributed by atoms with E-state index >= 15 is 0 Å². The number of nitrogens with two attached hydrogens (primary N) is 1. The van der Waals surface area contributed by atoms with Gasteiger partial charge in [0.05, 0.1) is 10.6 Å². The molecule has 0 atom stereocenters. The largest absolute Gasteiger partial charge is 0.396 e. The summed E-state index contributed by atoms with van der Waals surface area (Å²) in [6, 6.07) is 2.16. The lowest BCUT2D eigenvalue weighted by Gasteiger charge is -2.26. The first-order valence-corrected chi connectivity index (χ1v) is 8.63. The summed E-state index contributed by atoms with van der Waals surface area (Å²) in [6.45, 7) is 4.41. The minimum atomic E-state index is 0.616. The molecule has 1 saturated heterocycles. The molecular formula is C13H20N4S2. The first kappa shape index (κ1) is 14.5. The Kier molecular flexibility index (Phi) is 5.37. The lowest BCUT2D eigenvalue weighted by Crippen LogP contribution is -2.33. The normalized spacial score (nSPS) is 16.2. The second kappa shape index (κ2) is 7.04. The molecule has 0 radical (unpaired) electrons. The molecule has 0 spiro atoms. The van der Waals surface area contributed by atoms with Crippen molar-refractivity contribution < 1.29 is 0 Å². The highest BCUT2D eigenvalue weighted by Crippen LogP contribution is 2.41. The highest BCUT2D eigenvalue weighted by molar-refractivity contribution is 7.99. The Balaban J connectivity index is 1.90. The molecule has 6 heteroatoms. The van der Waals surface area contributed by atoms with Gasteiger partial charge in [0.2, 0.25) is 0 Å². The van der Waals surface area contributed by atoms with Crippen LogP contribution in [0.1, 0.15) is 24.1 Å². The van der Waals surface area contributed by atoms with E-state index in [9.17, 15) is 0 Å². The summed E-state index contributed by atoms with van der Waals surface area (Å²) in [5, 5.41) is 13.5. The molecular weight excluding hydrogens is 276 g/mol. The maximum atomic E-state index is 9.02. The van der Waals surface area contributed by atoms with Gasteiger partial charge in [-0.2, -0.15) is 5.26 Å². The SMILES string of the molecule is CSc1c(NCCN2CCCCC2)sc(C#N)c1N. The molecule has 0 saturated carbocycles. The average molecular weight is 296 g/mol. The predicted molar refractivity (Wildman–Crippen MR) is 84.0 cm³/mol. The van der Waals surface area contributed by atoms with Crippen LogP contribution in [0.3, 0.4) is 0 Å². The summed E-state index contributed by atoms with van der Waals surface area (Å²) in [4.78, 5) is 4.13. The minimum Gasteiger partial charge on any atom is -0.396 e. The number of rotatable bonds is 5. The summed E-state index contributed by atoms with van der Waals surface area (Å²) >= 11 is 3.06. The van der Waals surface area contributed by atoms with Gasteiger partial charge in [-0.3, -0.25) is 0 Å². The molecule has 1 aliphatic heterocycles. The smallest absolute Gasteiger partial charge is 0.131 e. The van der Waals surface area contributed by atoms with Crippen LogP contribution in [0.15, 0.2) is 4.90 Å². The van der Waals surface area contributed by atoms with E-state index in [1.807, 2.05) is 6.26 Å². The summed E-state index contributed by atoms with van der Waals surface area (Å²) in [5.74, 6) is 0. The van der Waals surface area contributed by atoms with E-state index < -0.39 is 0 Å². The number of nitrogens with one attached hydrogen (secondary N) is 1. The molecule has 1 fully saturated rings. The lowest BCUT2D eigenvalue weighted by atomic mass is 10.1. The van der Waals surface area contributed by atoms with Crippen molar-refractivity contribution in [2.75, 3.05) is 43.5 Å². The Morgan fingerprint density at radius 1 is 1.42 bits per heavy atom. The Hall–Kier alpha value is -0.900. The van der Waals surface area contributed by atoms with E-state index in [-0.39, 0.29) is 0 Å². The van der Waals surface area contributed by atoms with Gasteiger partial charge in [0, 0.05) is 13.1 Å².